The van der Waals surface area contributed by atoms with Crippen molar-refractivity contribution in [1.29, 1.82) is 0 Å². The number of phenolic OH excluding ortho intramolecular Hbond substituents is 1. The highest BCUT2D eigenvalue weighted by molar-refractivity contribution is 9.10. The van der Waals surface area contributed by atoms with Crippen LogP contribution in [0.3, 0.4) is 0 Å². The Morgan fingerprint density at radius 1 is 1.14 bits per heavy atom. The van der Waals surface area contributed by atoms with E-state index in [9.17, 15) is 5.11 Å². The van der Waals surface area contributed by atoms with Gasteiger partial charge in [0.1, 0.15) is 0 Å². The summed E-state index contributed by atoms with van der Waals surface area (Å²) in [5, 5.41) is 13.6. The summed E-state index contributed by atoms with van der Waals surface area (Å²) >= 11 is 3.45. The molecule has 3 nitrogen and oxygen atoms in total. The van der Waals surface area contributed by atoms with Gasteiger partial charge in [0.15, 0.2) is 11.5 Å². The van der Waals surface area contributed by atoms with Crippen molar-refractivity contribution in [2.24, 2.45) is 0 Å². The lowest BCUT2D eigenvalue weighted by Gasteiger charge is -2.27. The van der Waals surface area contributed by atoms with Crippen LogP contribution in [0.25, 0.3) is 0 Å². The summed E-state index contributed by atoms with van der Waals surface area (Å²) in [6, 6.07) is 13.7. The molecule has 0 spiro atoms. The van der Waals surface area contributed by atoms with E-state index in [4.69, 9.17) is 4.74 Å². The first kappa shape index (κ1) is 15.9. The summed E-state index contributed by atoms with van der Waals surface area (Å²) in [5.74, 6) is 0.690. The van der Waals surface area contributed by atoms with E-state index < -0.39 is 0 Å². The van der Waals surface area contributed by atoms with E-state index in [1.807, 2.05) is 24.3 Å². The maximum atomic E-state index is 10.1. The Labute approximate surface area is 134 Å². The van der Waals surface area contributed by atoms with E-state index in [2.05, 4.69) is 47.2 Å². The highest BCUT2D eigenvalue weighted by Crippen LogP contribution is 2.30. The van der Waals surface area contributed by atoms with Gasteiger partial charge in [0.2, 0.25) is 0 Å². The van der Waals surface area contributed by atoms with Crippen LogP contribution in [0, 0.1) is 0 Å². The van der Waals surface area contributed by atoms with Crippen LogP contribution in [0.15, 0.2) is 46.9 Å². The first-order valence-electron chi connectivity index (χ1n) is 6.80. The predicted octanol–water partition coefficient (Wildman–Crippen LogP) is 4.19. The van der Waals surface area contributed by atoms with E-state index in [-0.39, 0.29) is 11.3 Å². The average Bonchev–Trinajstić information content (AvgIpc) is 2.47. The number of hydrogen-bond acceptors (Lipinski definition) is 3. The molecule has 0 saturated carbocycles. The largest absolute Gasteiger partial charge is 0.504 e. The van der Waals surface area contributed by atoms with Gasteiger partial charge < -0.3 is 15.2 Å². The van der Waals surface area contributed by atoms with Crippen molar-refractivity contribution in [1.82, 2.24) is 5.32 Å². The van der Waals surface area contributed by atoms with Crippen molar-refractivity contribution >= 4 is 15.9 Å². The molecule has 0 bridgehead atoms. The minimum Gasteiger partial charge on any atom is -0.504 e. The Morgan fingerprint density at radius 2 is 1.81 bits per heavy atom. The van der Waals surface area contributed by atoms with E-state index in [1.165, 1.54) is 5.56 Å². The Hall–Kier alpha value is -1.52. The molecule has 112 valence electrons. The molecule has 0 fully saturated rings. The molecule has 0 unspecified atom stereocenters. The zero-order valence-electron chi connectivity index (χ0n) is 12.5. The van der Waals surface area contributed by atoms with Gasteiger partial charge in [-0.25, -0.2) is 0 Å². The zero-order chi connectivity index (χ0) is 15.5. The number of para-hydroxylation sites is 1. The molecule has 0 aromatic heterocycles. The van der Waals surface area contributed by atoms with Crippen molar-refractivity contribution < 1.29 is 9.84 Å². The third-order valence-corrected chi connectivity index (χ3v) is 4.12. The lowest BCUT2D eigenvalue weighted by Crippen LogP contribution is -2.35. The van der Waals surface area contributed by atoms with E-state index in [0.29, 0.717) is 12.3 Å². The number of aromatic hydroxyl groups is 1. The minimum absolute atomic E-state index is 0.194. The molecule has 0 amide bonds. The Balaban J connectivity index is 2.13. The molecule has 0 atom stereocenters. The Morgan fingerprint density at radius 3 is 2.43 bits per heavy atom. The van der Waals surface area contributed by atoms with Crippen molar-refractivity contribution in [3.63, 3.8) is 0 Å². The maximum absolute atomic E-state index is 10.1. The van der Waals surface area contributed by atoms with Crippen LogP contribution < -0.4 is 10.1 Å². The molecule has 2 aromatic carbocycles. The molecule has 0 aliphatic rings. The molecule has 0 radical (unpaired) electrons. The highest BCUT2D eigenvalue weighted by atomic mass is 79.9. The molecule has 0 aliphatic carbocycles. The lowest BCUT2D eigenvalue weighted by molar-refractivity contribution is 0.361. The third-order valence-electron chi connectivity index (χ3n) is 3.59. The first-order valence-corrected chi connectivity index (χ1v) is 7.59. The number of ether oxygens (including phenoxy) is 1. The van der Waals surface area contributed by atoms with Crippen LogP contribution in [-0.2, 0) is 12.1 Å². The fourth-order valence-corrected chi connectivity index (χ4v) is 2.42. The van der Waals surface area contributed by atoms with Crippen molar-refractivity contribution in [3.8, 4) is 11.5 Å². The molecular formula is C17H20BrNO2. The molecule has 4 heteroatoms. The van der Waals surface area contributed by atoms with E-state index in [1.54, 1.807) is 13.2 Å². The number of nitrogens with one attached hydrogen (secondary N) is 1. The minimum atomic E-state index is -0.198. The van der Waals surface area contributed by atoms with Gasteiger partial charge in [0, 0.05) is 22.1 Å². The van der Waals surface area contributed by atoms with Gasteiger partial charge in [-0.05, 0) is 37.6 Å². The Kier molecular flexibility index (Phi) is 4.91. The average molecular weight is 350 g/mol. The third kappa shape index (κ3) is 3.77. The fraction of sp³-hybridized carbons (Fsp3) is 0.294. The Bertz CT molecular complexity index is 609. The van der Waals surface area contributed by atoms with Crippen molar-refractivity contribution in [2.45, 2.75) is 25.9 Å². The van der Waals surface area contributed by atoms with Crippen molar-refractivity contribution in [2.75, 3.05) is 7.11 Å². The standard InChI is InChI=1S/C17H20BrNO2/c1-17(2,13-7-9-14(18)10-8-13)19-11-12-5-4-6-15(21-3)16(12)20/h4-10,19-20H,11H2,1-3H3. The van der Waals surface area contributed by atoms with E-state index in [0.717, 1.165) is 10.0 Å². The number of hydrogen-bond donors (Lipinski definition) is 2. The number of rotatable bonds is 5. The topological polar surface area (TPSA) is 41.5 Å². The van der Waals surface area contributed by atoms with Crippen LogP contribution in [0.4, 0.5) is 0 Å². The highest BCUT2D eigenvalue weighted by Gasteiger charge is 2.20. The number of halogens is 1. The SMILES string of the molecule is COc1cccc(CNC(C)(C)c2ccc(Br)cc2)c1O. The molecule has 2 N–H and O–H groups in total. The maximum Gasteiger partial charge on any atom is 0.162 e. The number of benzene rings is 2. The summed E-state index contributed by atoms with van der Waals surface area (Å²) < 4.78 is 6.19. The zero-order valence-corrected chi connectivity index (χ0v) is 14.1. The second-order valence-corrected chi connectivity index (χ2v) is 6.37. The van der Waals surface area contributed by atoms with Gasteiger partial charge >= 0.3 is 0 Å². The van der Waals surface area contributed by atoms with Gasteiger partial charge in [-0.3, -0.25) is 0 Å². The second kappa shape index (κ2) is 6.50. The molecule has 2 rings (SSSR count). The quantitative estimate of drug-likeness (QED) is 0.850. The van der Waals surface area contributed by atoms with Crippen LogP contribution in [0.1, 0.15) is 25.0 Å². The van der Waals surface area contributed by atoms with Crippen LogP contribution in [-0.4, -0.2) is 12.2 Å². The molecule has 0 saturated heterocycles. The predicted molar refractivity (Wildman–Crippen MR) is 88.7 cm³/mol. The summed E-state index contributed by atoms with van der Waals surface area (Å²) in [6.07, 6.45) is 0. The molecule has 0 heterocycles. The van der Waals surface area contributed by atoms with Gasteiger partial charge in [0.25, 0.3) is 0 Å². The summed E-state index contributed by atoms with van der Waals surface area (Å²) in [5.41, 5.74) is 1.81. The summed E-state index contributed by atoms with van der Waals surface area (Å²) in [6.45, 7) is 4.80. The van der Waals surface area contributed by atoms with Crippen LogP contribution in [0.5, 0.6) is 11.5 Å². The molecule has 2 aromatic rings. The van der Waals surface area contributed by atoms with Crippen LogP contribution >= 0.6 is 15.9 Å². The second-order valence-electron chi connectivity index (χ2n) is 5.45. The van der Waals surface area contributed by atoms with Crippen LogP contribution in [0.2, 0.25) is 0 Å². The van der Waals surface area contributed by atoms with Gasteiger partial charge in [-0.1, -0.05) is 40.2 Å². The van der Waals surface area contributed by atoms with E-state index >= 15 is 0 Å². The normalized spacial score (nSPS) is 11.4. The molecule has 0 aliphatic heterocycles. The molecule has 21 heavy (non-hydrogen) atoms. The molecular weight excluding hydrogens is 330 g/mol. The van der Waals surface area contributed by atoms with Crippen molar-refractivity contribution in [3.05, 3.63) is 58.1 Å². The monoisotopic (exact) mass is 349 g/mol. The number of phenols is 1. The summed E-state index contributed by atoms with van der Waals surface area (Å²) in [4.78, 5) is 0. The van der Waals surface area contributed by atoms with Gasteiger partial charge in [0.05, 0.1) is 7.11 Å². The van der Waals surface area contributed by atoms with Gasteiger partial charge in [-0.15, -0.1) is 0 Å². The smallest absolute Gasteiger partial charge is 0.162 e. The first-order chi connectivity index (χ1) is 9.94. The van der Waals surface area contributed by atoms with Gasteiger partial charge in [-0.2, -0.15) is 0 Å². The summed E-state index contributed by atoms with van der Waals surface area (Å²) in [7, 11) is 1.55. The fourth-order valence-electron chi connectivity index (χ4n) is 2.16. The number of methoxy groups -OCH3 is 1. The lowest BCUT2D eigenvalue weighted by atomic mass is 9.94.